The first kappa shape index (κ1) is 16.3. The maximum Gasteiger partial charge on any atom is 0.311 e. The Kier molecular flexibility index (Phi) is 4.78. The second kappa shape index (κ2) is 7.35. The molecule has 1 aromatic carbocycles. The van der Waals surface area contributed by atoms with E-state index in [2.05, 4.69) is 15.1 Å². The Labute approximate surface area is 147 Å². The molecule has 25 heavy (non-hydrogen) atoms. The Morgan fingerprint density at radius 3 is 2.56 bits per heavy atom. The van der Waals surface area contributed by atoms with Crippen LogP contribution in [0.25, 0.3) is 11.5 Å². The quantitative estimate of drug-likeness (QED) is 0.860. The summed E-state index contributed by atoms with van der Waals surface area (Å²) in [6, 6.07) is 10.2. The average Bonchev–Trinajstić information content (AvgIpc) is 3.30. The second-order valence-electron chi connectivity index (χ2n) is 6.90. The highest BCUT2D eigenvalue weighted by molar-refractivity contribution is 5.89. The number of nitrogens with zero attached hydrogens (tertiary/aromatic N) is 4. The van der Waals surface area contributed by atoms with Crippen LogP contribution in [-0.2, 0) is 0 Å². The van der Waals surface area contributed by atoms with E-state index in [1.54, 1.807) is 0 Å². The van der Waals surface area contributed by atoms with Crippen molar-refractivity contribution in [1.29, 1.82) is 0 Å². The minimum absolute atomic E-state index is 0.0958. The van der Waals surface area contributed by atoms with E-state index in [0.29, 0.717) is 11.9 Å². The number of hydrogen-bond donors (Lipinski definition) is 0. The Morgan fingerprint density at radius 2 is 1.76 bits per heavy atom. The van der Waals surface area contributed by atoms with Crippen LogP contribution in [0.5, 0.6) is 0 Å². The van der Waals surface area contributed by atoms with Crippen molar-refractivity contribution in [3.63, 3.8) is 0 Å². The molecule has 0 spiro atoms. The van der Waals surface area contributed by atoms with Gasteiger partial charge in [0.05, 0.1) is 0 Å². The van der Waals surface area contributed by atoms with E-state index in [1.165, 1.54) is 32.4 Å². The average molecular weight is 340 g/mol. The molecule has 132 valence electrons. The molecule has 3 heterocycles. The van der Waals surface area contributed by atoms with Crippen LogP contribution in [0.15, 0.2) is 34.7 Å². The predicted molar refractivity (Wildman–Crippen MR) is 94.1 cm³/mol. The minimum atomic E-state index is -0.142. The molecule has 4 rings (SSSR count). The number of carbonyl (C=O) groups excluding carboxylic acids is 1. The van der Waals surface area contributed by atoms with Crippen LogP contribution in [0.2, 0.25) is 0 Å². The van der Waals surface area contributed by atoms with Crippen molar-refractivity contribution in [3.8, 4) is 11.5 Å². The lowest BCUT2D eigenvalue weighted by Crippen LogP contribution is -2.35. The molecule has 0 bridgehead atoms. The van der Waals surface area contributed by atoms with Crippen molar-refractivity contribution >= 4 is 5.91 Å². The van der Waals surface area contributed by atoms with E-state index in [9.17, 15) is 4.79 Å². The SMILES string of the molecule is O=C(c1nnc(-c2ccccc2)o1)N1CCCC(N2CCCC2)CC1. The van der Waals surface area contributed by atoms with Crippen molar-refractivity contribution in [2.24, 2.45) is 0 Å². The lowest BCUT2D eigenvalue weighted by atomic mass is 10.1. The zero-order valence-electron chi connectivity index (χ0n) is 14.4. The highest BCUT2D eigenvalue weighted by Gasteiger charge is 2.28. The predicted octanol–water partition coefficient (Wildman–Crippen LogP) is 2.83. The van der Waals surface area contributed by atoms with E-state index >= 15 is 0 Å². The Balaban J connectivity index is 1.42. The molecule has 0 radical (unpaired) electrons. The summed E-state index contributed by atoms with van der Waals surface area (Å²) in [5.41, 5.74) is 0.832. The summed E-state index contributed by atoms with van der Waals surface area (Å²) in [5, 5.41) is 8.01. The van der Waals surface area contributed by atoms with Crippen LogP contribution >= 0.6 is 0 Å². The summed E-state index contributed by atoms with van der Waals surface area (Å²) < 4.78 is 5.63. The summed E-state index contributed by atoms with van der Waals surface area (Å²) in [7, 11) is 0. The van der Waals surface area contributed by atoms with Gasteiger partial charge in [0.25, 0.3) is 0 Å². The van der Waals surface area contributed by atoms with Gasteiger partial charge in [0.1, 0.15) is 0 Å². The molecular weight excluding hydrogens is 316 g/mol. The van der Waals surface area contributed by atoms with Crippen molar-refractivity contribution in [1.82, 2.24) is 20.0 Å². The molecule has 1 amide bonds. The number of aromatic nitrogens is 2. The van der Waals surface area contributed by atoms with Gasteiger partial charge in [0, 0.05) is 24.7 Å². The van der Waals surface area contributed by atoms with Crippen LogP contribution in [0.3, 0.4) is 0 Å². The fraction of sp³-hybridized carbons (Fsp3) is 0.526. The molecule has 6 nitrogen and oxygen atoms in total. The van der Waals surface area contributed by atoms with Crippen LogP contribution in [-0.4, -0.2) is 58.1 Å². The van der Waals surface area contributed by atoms with Gasteiger partial charge in [-0.1, -0.05) is 18.2 Å². The third-order valence-corrected chi connectivity index (χ3v) is 5.27. The van der Waals surface area contributed by atoms with Gasteiger partial charge in [-0.25, -0.2) is 0 Å². The monoisotopic (exact) mass is 340 g/mol. The molecule has 2 saturated heterocycles. The van der Waals surface area contributed by atoms with Gasteiger partial charge in [-0.3, -0.25) is 4.79 Å². The molecule has 6 heteroatoms. The zero-order valence-corrected chi connectivity index (χ0v) is 14.4. The summed E-state index contributed by atoms with van der Waals surface area (Å²) in [6.45, 7) is 3.96. The number of carbonyl (C=O) groups is 1. The summed E-state index contributed by atoms with van der Waals surface area (Å²) in [4.78, 5) is 17.2. The molecule has 1 aromatic heterocycles. The number of rotatable bonds is 3. The number of hydrogen-bond acceptors (Lipinski definition) is 5. The molecule has 0 N–H and O–H groups in total. The normalized spacial score (nSPS) is 22.1. The van der Waals surface area contributed by atoms with E-state index in [4.69, 9.17) is 4.42 Å². The van der Waals surface area contributed by atoms with Gasteiger partial charge in [-0.2, -0.15) is 0 Å². The van der Waals surface area contributed by atoms with Crippen molar-refractivity contribution in [3.05, 3.63) is 36.2 Å². The molecule has 0 saturated carbocycles. The Morgan fingerprint density at radius 1 is 0.960 bits per heavy atom. The minimum Gasteiger partial charge on any atom is -0.412 e. The first-order chi connectivity index (χ1) is 12.3. The van der Waals surface area contributed by atoms with Crippen molar-refractivity contribution in [2.45, 2.75) is 38.1 Å². The van der Waals surface area contributed by atoms with E-state index in [0.717, 1.165) is 31.5 Å². The van der Waals surface area contributed by atoms with E-state index in [-0.39, 0.29) is 11.8 Å². The first-order valence-electron chi connectivity index (χ1n) is 9.23. The van der Waals surface area contributed by atoms with Crippen LogP contribution in [0, 0.1) is 0 Å². The van der Waals surface area contributed by atoms with Crippen molar-refractivity contribution in [2.75, 3.05) is 26.2 Å². The van der Waals surface area contributed by atoms with Crippen LogP contribution in [0.4, 0.5) is 0 Å². The van der Waals surface area contributed by atoms with Crippen molar-refractivity contribution < 1.29 is 9.21 Å². The largest absolute Gasteiger partial charge is 0.412 e. The fourth-order valence-corrected chi connectivity index (χ4v) is 3.90. The highest BCUT2D eigenvalue weighted by atomic mass is 16.4. The van der Waals surface area contributed by atoms with Gasteiger partial charge in [0.2, 0.25) is 5.89 Å². The number of amides is 1. The number of likely N-dealkylation sites (tertiary alicyclic amines) is 2. The Hall–Kier alpha value is -2.21. The lowest BCUT2D eigenvalue weighted by Gasteiger charge is -2.26. The summed E-state index contributed by atoms with van der Waals surface area (Å²) in [5.74, 6) is 0.351. The van der Waals surface area contributed by atoms with Crippen LogP contribution in [0.1, 0.15) is 42.8 Å². The zero-order chi connectivity index (χ0) is 17.1. The van der Waals surface area contributed by atoms with Gasteiger partial charge in [-0.05, 0) is 57.3 Å². The summed E-state index contributed by atoms with van der Waals surface area (Å²) >= 11 is 0. The first-order valence-corrected chi connectivity index (χ1v) is 9.23. The van der Waals surface area contributed by atoms with E-state index < -0.39 is 0 Å². The third-order valence-electron chi connectivity index (χ3n) is 5.27. The third kappa shape index (κ3) is 3.58. The maximum absolute atomic E-state index is 12.7. The lowest BCUT2D eigenvalue weighted by molar-refractivity contribution is 0.0718. The summed E-state index contributed by atoms with van der Waals surface area (Å²) in [6.07, 6.45) is 5.85. The topological polar surface area (TPSA) is 62.5 Å². The fourth-order valence-electron chi connectivity index (χ4n) is 3.90. The van der Waals surface area contributed by atoms with E-state index in [1.807, 2.05) is 35.2 Å². The van der Waals surface area contributed by atoms with Gasteiger partial charge in [0.15, 0.2) is 0 Å². The highest BCUT2D eigenvalue weighted by Crippen LogP contribution is 2.23. The van der Waals surface area contributed by atoms with Gasteiger partial charge in [-0.15, -0.1) is 10.2 Å². The molecule has 0 aliphatic carbocycles. The molecular formula is C19H24N4O2. The smallest absolute Gasteiger partial charge is 0.311 e. The standard InChI is InChI=1S/C19H24N4O2/c24-19(18-21-20-17(25-18)15-7-2-1-3-8-15)23-13-6-9-16(10-14-23)22-11-4-5-12-22/h1-3,7-8,16H,4-6,9-14H2. The molecule has 1 atom stereocenters. The number of benzene rings is 1. The van der Waals surface area contributed by atoms with Gasteiger partial charge < -0.3 is 14.2 Å². The molecule has 1 unspecified atom stereocenters. The molecule has 2 aromatic rings. The molecule has 2 aliphatic heterocycles. The maximum atomic E-state index is 12.7. The molecule has 2 fully saturated rings. The second-order valence-corrected chi connectivity index (χ2v) is 6.90. The van der Waals surface area contributed by atoms with Crippen LogP contribution < -0.4 is 0 Å². The molecule has 2 aliphatic rings. The van der Waals surface area contributed by atoms with Gasteiger partial charge >= 0.3 is 11.8 Å². The Bertz CT molecular complexity index is 709.